The van der Waals surface area contributed by atoms with Crippen LogP contribution in [0.1, 0.15) is 95.2 Å². The van der Waals surface area contributed by atoms with E-state index in [0.29, 0.717) is 70.2 Å². The van der Waals surface area contributed by atoms with Crippen LogP contribution in [0.5, 0.6) is 0 Å². The zero-order chi connectivity index (χ0) is 28.7. The van der Waals surface area contributed by atoms with Crippen molar-refractivity contribution in [1.29, 1.82) is 0 Å². The highest BCUT2D eigenvalue weighted by molar-refractivity contribution is 6.12. The number of anilines is 1. The lowest BCUT2D eigenvalue weighted by Crippen LogP contribution is -2.60. The van der Waals surface area contributed by atoms with Crippen LogP contribution in [0.4, 0.5) is 10.7 Å². The number of Topliss-reactive ketones (excluding diaryl/α,β-unsaturated/α-hetero) is 2. The van der Waals surface area contributed by atoms with Crippen LogP contribution in [0.25, 0.3) is 0 Å². The number of hydrogen-bond acceptors (Lipinski definition) is 9. The third kappa shape index (κ3) is 5.36. The largest absolute Gasteiger partial charge is 0.444 e. The molecule has 2 saturated carbocycles. The molecule has 10 heteroatoms. The molecule has 1 aromatic rings. The van der Waals surface area contributed by atoms with Gasteiger partial charge in [0.2, 0.25) is 5.95 Å². The van der Waals surface area contributed by atoms with E-state index in [1.807, 2.05) is 34.6 Å². The topological polar surface area (TPSA) is 111 Å². The fourth-order valence-corrected chi connectivity index (χ4v) is 7.10. The van der Waals surface area contributed by atoms with E-state index in [1.165, 1.54) is 0 Å². The monoisotopic (exact) mass is 556 g/mol. The van der Waals surface area contributed by atoms with Gasteiger partial charge in [0.15, 0.2) is 17.4 Å². The van der Waals surface area contributed by atoms with E-state index in [-0.39, 0.29) is 29.4 Å². The van der Waals surface area contributed by atoms with Gasteiger partial charge in [-0.25, -0.2) is 14.8 Å². The summed E-state index contributed by atoms with van der Waals surface area (Å²) >= 11 is 0. The van der Waals surface area contributed by atoms with E-state index in [1.54, 1.807) is 11.0 Å². The molecule has 0 N–H and O–H groups in total. The molecule has 0 radical (unpaired) electrons. The van der Waals surface area contributed by atoms with Gasteiger partial charge in [0.1, 0.15) is 11.3 Å². The molecule has 0 bridgehead atoms. The molecular weight excluding hydrogens is 512 g/mol. The minimum absolute atomic E-state index is 0.0423. The number of nitrogens with zero attached hydrogens (tertiary/aromatic N) is 4. The molecule has 40 heavy (non-hydrogen) atoms. The molecule has 1 aromatic heterocycles. The number of aryl methyl sites for hydroxylation is 1. The van der Waals surface area contributed by atoms with Gasteiger partial charge in [0.25, 0.3) is 0 Å². The third-order valence-electron chi connectivity index (χ3n) is 8.89. The van der Waals surface area contributed by atoms with E-state index < -0.39 is 22.7 Å². The van der Waals surface area contributed by atoms with E-state index >= 15 is 0 Å². The van der Waals surface area contributed by atoms with Crippen LogP contribution >= 0.6 is 0 Å². The predicted molar refractivity (Wildman–Crippen MR) is 148 cm³/mol. The van der Waals surface area contributed by atoms with Crippen LogP contribution in [0.15, 0.2) is 6.07 Å². The molecule has 2 saturated heterocycles. The number of ketones is 2. The lowest BCUT2D eigenvalue weighted by molar-refractivity contribution is -0.255. The highest BCUT2D eigenvalue weighted by Crippen LogP contribution is 2.56. The molecule has 2 spiro atoms. The number of rotatable bonds is 3. The van der Waals surface area contributed by atoms with Gasteiger partial charge in [-0.1, -0.05) is 12.8 Å². The summed E-state index contributed by atoms with van der Waals surface area (Å²) in [5.41, 5.74) is -0.390. The zero-order valence-corrected chi connectivity index (χ0v) is 24.7. The summed E-state index contributed by atoms with van der Waals surface area (Å²) in [6, 6.07) is 1.60. The fraction of sp³-hybridized carbons (Fsp3) is 0.767. The second kappa shape index (κ2) is 11.0. The van der Waals surface area contributed by atoms with Gasteiger partial charge >= 0.3 is 6.09 Å². The molecule has 1 amide bonds. The Morgan fingerprint density at radius 2 is 1.73 bits per heavy atom. The van der Waals surface area contributed by atoms with Crippen LogP contribution in [0.2, 0.25) is 0 Å². The Morgan fingerprint density at radius 1 is 1.02 bits per heavy atom. The summed E-state index contributed by atoms with van der Waals surface area (Å²) in [6.07, 6.45) is 5.66. The number of hydrogen-bond donors (Lipinski definition) is 0. The van der Waals surface area contributed by atoms with E-state index in [4.69, 9.17) is 19.2 Å². The summed E-state index contributed by atoms with van der Waals surface area (Å²) in [6.45, 7) is 12.1. The number of amides is 1. The van der Waals surface area contributed by atoms with Crippen molar-refractivity contribution in [1.82, 2.24) is 14.9 Å². The molecule has 10 nitrogen and oxygen atoms in total. The minimum atomic E-state index is -0.893. The Bertz CT molecular complexity index is 1140. The molecule has 5 rings (SSSR count). The van der Waals surface area contributed by atoms with Crippen LogP contribution < -0.4 is 4.90 Å². The van der Waals surface area contributed by atoms with Crippen LogP contribution in [0.3, 0.4) is 0 Å². The Kier molecular flexibility index (Phi) is 7.96. The summed E-state index contributed by atoms with van der Waals surface area (Å²) in [5.74, 6) is -1.48. The SMILES string of the molecule is Cc1cc(C(=O)C2CCC[C@@]3(CCCCC34OCCO4)C2=O)nc(N2CCCN(C(=O)OC(C)(C)C)CC2C)n1. The molecule has 4 aliphatic rings. The zero-order valence-electron chi connectivity index (χ0n) is 24.7. The number of aromatic nitrogens is 2. The highest BCUT2D eigenvalue weighted by atomic mass is 16.7. The van der Waals surface area contributed by atoms with Crippen LogP contribution in [0, 0.1) is 18.3 Å². The molecule has 2 aliphatic carbocycles. The lowest BCUT2D eigenvalue weighted by Gasteiger charge is -2.51. The molecular formula is C30H44N4O6. The van der Waals surface area contributed by atoms with Gasteiger partial charge in [0, 0.05) is 37.8 Å². The van der Waals surface area contributed by atoms with Crippen molar-refractivity contribution in [2.75, 3.05) is 37.7 Å². The molecule has 3 atom stereocenters. The third-order valence-corrected chi connectivity index (χ3v) is 8.89. The minimum Gasteiger partial charge on any atom is -0.444 e. The molecule has 3 heterocycles. The molecule has 4 fully saturated rings. The Hall–Kier alpha value is -2.59. The summed E-state index contributed by atoms with van der Waals surface area (Å²) in [4.78, 5) is 54.0. The van der Waals surface area contributed by atoms with E-state index in [2.05, 4.69) is 9.88 Å². The fourth-order valence-electron chi connectivity index (χ4n) is 7.10. The molecule has 220 valence electrons. The van der Waals surface area contributed by atoms with Crippen molar-refractivity contribution in [3.8, 4) is 0 Å². The Morgan fingerprint density at radius 3 is 2.45 bits per heavy atom. The lowest BCUT2D eigenvalue weighted by atomic mass is 9.57. The second-order valence-corrected chi connectivity index (χ2v) is 12.9. The van der Waals surface area contributed by atoms with Gasteiger partial charge < -0.3 is 24.0 Å². The number of ether oxygens (including phenoxy) is 3. The average molecular weight is 557 g/mol. The van der Waals surface area contributed by atoms with Crippen molar-refractivity contribution in [3.05, 3.63) is 17.5 Å². The standard InChI is InChI=1S/C30H44N4O6/c1-20-18-23(32-26(31-20)34-15-9-14-33(19-21(34)2)27(37)40-28(3,4)5)24(35)22-10-8-12-29(25(22)36)11-6-7-13-30(29)38-16-17-39-30/h18,21-22H,6-17,19H2,1-5H3/t21?,22?,29-/m0/s1. The Balaban J connectivity index is 1.37. The smallest absolute Gasteiger partial charge is 0.410 e. The van der Waals surface area contributed by atoms with Crippen molar-refractivity contribution in [2.45, 2.75) is 103 Å². The number of carbonyl (C=O) groups excluding carboxylic acids is 3. The van der Waals surface area contributed by atoms with Gasteiger partial charge in [-0.15, -0.1) is 0 Å². The van der Waals surface area contributed by atoms with Gasteiger partial charge in [-0.2, -0.15) is 0 Å². The van der Waals surface area contributed by atoms with Gasteiger partial charge in [-0.3, -0.25) is 9.59 Å². The summed E-state index contributed by atoms with van der Waals surface area (Å²) < 4.78 is 17.9. The first-order valence-corrected chi connectivity index (χ1v) is 14.9. The first-order valence-electron chi connectivity index (χ1n) is 14.9. The van der Waals surface area contributed by atoms with Gasteiger partial charge in [0.05, 0.1) is 24.5 Å². The summed E-state index contributed by atoms with van der Waals surface area (Å²) in [5, 5.41) is 0. The van der Waals surface area contributed by atoms with E-state index in [0.717, 1.165) is 25.7 Å². The second-order valence-electron chi connectivity index (χ2n) is 12.9. The molecule has 0 aromatic carbocycles. The van der Waals surface area contributed by atoms with Crippen molar-refractivity contribution in [3.63, 3.8) is 0 Å². The van der Waals surface area contributed by atoms with Gasteiger partial charge in [-0.05, 0) is 72.8 Å². The normalized spacial score (nSPS) is 29.1. The summed E-state index contributed by atoms with van der Waals surface area (Å²) in [7, 11) is 0. The van der Waals surface area contributed by atoms with Crippen LogP contribution in [-0.4, -0.2) is 82.8 Å². The van der Waals surface area contributed by atoms with Crippen molar-refractivity contribution < 1.29 is 28.6 Å². The highest BCUT2D eigenvalue weighted by Gasteiger charge is 2.63. The predicted octanol–water partition coefficient (Wildman–Crippen LogP) is 4.48. The number of carbonyl (C=O) groups is 3. The van der Waals surface area contributed by atoms with E-state index in [9.17, 15) is 14.4 Å². The first-order chi connectivity index (χ1) is 18.9. The average Bonchev–Trinajstić information content (AvgIpc) is 3.27. The maximum atomic E-state index is 14.2. The molecule has 2 unspecified atom stereocenters. The Labute approximate surface area is 237 Å². The van der Waals surface area contributed by atoms with Crippen molar-refractivity contribution >= 4 is 23.6 Å². The molecule has 2 aliphatic heterocycles. The number of fused-ring (bicyclic) bond motifs is 1. The maximum Gasteiger partial charge on any atom is 0.410 e. The van der Waals surface area contributed by atoms with Crippen LogP contribution in [-0.2, 0) is 19.0 Å². The first kappa shape index (κ1) is 28.9. The quantitative estimate of drug-likeness (QED) is 0.393. The van der Waals surface area contributed by atoms with Crippen molar-refractivity contribution in [2.24, 2.45) is 11.3 Å². The maximum absolute atomic E-state index is 14.2.